The molecule has 0 aromatic carbocycles. The van der Waals surface area contributed by atoms with Crippen LogP contribution in [-0.4, -0.2) is 62.5 Å². The molecule has 5 atom stereocenters. The number of hydrogen-bond acceptors (Lipinski definition) is 7. The molecule has 29 heavy (non-hydrogen) atoms. The monoisotopic (exact) mass is 413 g/mol. The number of amides is 1. The SMILES string of the molecule is C=C(C)C(=O)CCCOCCO[C@@H]1OC(COC(C)=O)[C@@H](C)[C@H](C)C1NC(C)=O. The molecule has 1 saturated heterocycles. The molecule has 0 aromatic rings. The predicted octanol–water partition coefficient (Wildman–Crippen LogP) is 2.01. The van der Waals surface area contributed by atoms with E-state index >= 15 is 0 Å². The molecule has 0 bridgehead atoms. The van der Waals surface area contributed by atoms with Crippen molar-refractivity contribution in [2.75, 3.05) is 26.4 Å². The Labute approximate surface area is 173 Å². The number of allylic oxidation sites excluding steroid dienone is 1. The van der Waals surface area contributed by atoms with Gasteiger partial charge in [-0.25, -0.2) is 0 Å². The summed E-state index contributed by atoms with van der Waals surface area (Å²) in [6, 6.07) is -0.315. The summed E-state index contributed by atoms with van der Waals surface area (Å²) in [6.45, 7) is 13.3. The number of carbonyl (C=O) groups excluding carboxylic acids is 3. The Morgan fingerprint density at radius 2 is 1.72 bits per heavy atom. The van der Waals surface area contributed by atoms with Crippen LogP contribution < -0.4 is 5.32 Å². The summed E-state index contributed by atoms with van der Waals surface area (Å²) in [7, 11) is 0. The molecule has 166 valence electrons. The Morgan fingerprint density at radius 3 is 2.31 bits per heavy atom. The lowest BCUT2D eigenvalue weighted by Crippen LogP contribution is -2.58. The van der Waals surface area contributed by atoms with Crippen molar-refractivity contribution in [3.63, 3.8) is 0 Å². The fourth-order valence-electron chi connectivity index (χ4n) is 3.14. The summed E-state index contributed by atoms with van der Waals surface area (Å²) in [5.41, 5.74) is 0.554. The third kappa shape index (κ3) is 9.06. The first kappa shape index (κ1) is 25.3. The summed E-state index contributed by atoms with van der Waals surface area (Å²) >= 11 is 0. The van der Waals surface area contributed by atoms with E-state index in [1.165, 1.54) is 13.8 Å². The molecule has 8 heteroatoms. The highest BCUT2D eigenvalue weighted by Crippen LogP contribution is 2.31. The largest absolute Gasteiger partial charge is 0.463 e. The summed E-state index contributed by atoms with van der Waals surface area (Å²) in [5.74, 6) is -0.363. The molecule has 0 spiro atoms. The molecule has 1 amide bonds. The fraction of sp³-hybridized carbons (Fsp3) is 0.762. The van der Waals surface area contributed by atoms with Gasteiger partial charge in [-0.1, -0.05) is 20.4 Å². The standard InChI is InChI=1S/C21H35NO7/c1-13(2)18(25)8-7-9-26-10-11-27-21-20(22-16(5)23)15(4)14(3)19(29-21)12-28-17(6)24/h14-15,19-21H,1,7-12H2,2-6H3,(H,22,23)/t14-,15-,19?,20?,21+/m0/s1. The van der Waals surface area contributed by atoms with Crippen LogP contribution in [0.15, 0.2) is 12.2 Å². The summed E-state index contributed by atoms with van der Waals surface area (Å²) in [6.07, 6.45) is 0.0519. The van der Waals surface area contributed by atoms with E-state index in [0.717, 1.165) is 0 Å². The topological polar surface area (TPSA) is 100 Å². The van der Waals surface area contributed by atoms with Crippen molar-refractivity contribution in [2.45, 2.75) is 65.9 Å². The molecule has 1 aliphatic rings. The molecule has 1 fully saturated rings. The third-order valence-corrected chi connectivity index (χ3v) is 5.08. The summed E-state index contributed by atoms with van der Waals surface area (Å²) in [5, 5.41) is 2.90. The molecule has 0 aromatic heterocycles. The highest BCUT2D eigenvalue weighted by Gasteiger charge is 2.42. The Bertz CT molecular complexity index is 575. The van der Waals surface area contributed by atoms with E-state index in [0.29, 0.717) is 31.6 Å². The fourth-order valence-corrected chi connectivity index (χ4v) is 3.14. The van der Waals surface area contributed by atoms with Crippen molar-refractivity contribution in [3.8, 4) is 0 Å². The number of ether oxygens (including phenoxy) is 4. The van der Waals surface area contributed by atoms with Crippen molar-refractivity contribution in [2.24, 2.45) is 11.8 Å². The maximum atomic E-state index is 11.6. The minimum Gasteiger partial charge on any atom is -0.463 e. The molecule has 8 nitrogen and oxygen atoms in total. The van der Waals surface area contributed by atoms with Crippen molar-refractivity contribution < 1.29 is 33.3 Å². The van der Waals surface area contributed by atoms with Gasteiger partial charge in [0.15, 0.2) is 12.1 Å². The van der Waals surface area contributed by atoms with Gasteiger partial charge >= 0.3 is 5.97 Å². The van der Waals surface area contributed by atoms with E-state index in [1.807, 2.05) is 13.8 Å². The van der Waals surface area contributed by atoms with Crippen molar-refractivity contribution >= 4 is 17.7 Å². The molecule has 0 radical (unpaired) electrons. The first-order chi connectivity index (χ1) is 13.6. The van der Waals surface area contributed by atoms with Crippen LogP contribution in [0.2, 0.25) is 0 Å². The van der Waals surface area contributed by atoms with E-state index in [4.69, 9.17) is 18.9 Å². The first-order valence-electron chi connectivity index (χ1n) is 10.1. The molecule has 1 heterocycles. The lowest BCUT2D eigenvalue weighted by molar-refractivity contribution is -0.246. The molecule has 1 N–H and O–H groups in total. The second-order valence-electron chi connectivity index (χ2n) is 7.58. The van der Waals surface area contributed by atoms with E-state index < -0.39 is 6.29 Å². The van der Waals surface area contributed by atoms with E-state index in [2.05, 4.69) is 11.9 Å². The smallest absolute Gasteiger partial charge is 0.302 e. The van der Waals surface area contributed by atoms with E-state index in [9.17, 15) is 14.4 Å². The van der Waals surface area contributed by atoms with Gasteiger partial charge in [-0.2, -0.15) is 0 Å². The van der Waals surface area contributed by atoms with Crippen LogP contribution in [0.4, 0.5) is 0 Å². The number of ketones is 1. The first-order valence-corrected chi connectivity index (χ1v) is 10.1. The van der Waals surface area contributed by atoms with Crippen LogP contribution >= 0.6 is 0 Å². The average Bonchev–Trinajstić information content (AvgIpc) is 2.64. The molecule has 2 unspecified atom stereocenters. The second-order valence-corrected chi connectivity index (χ2v) is 7.58. The zero-order chi connectivity index (χ0) is 22.0. The normalized spacial score (nSPS) is 26.6. The number of carbonyl (C=O) groups is 3. The minimum atomic E-state index is -0.667. The highest BCUT2D eigenvalue weighted by atomic mass is 16.7. The van der Waals surface area contributed by atoms with E-state index in [-0.39, 0.29) is 54.9 Å². The Balaban J connectivity index is 2.50. The number of nitrogens with one attached hydrogen (secondary N) is 1. The van der Waals surface area contributed by atoms with Crippen LogP contribution in [0.5, 0.6) is 0 Å². The molecular weight excluding hydrogens is 378 g/mol. The number of rotatable bonds is 12. The number of Topliss-reactive ketones (excluding diaryl/α,β-unsaturated/α-hetero) is 1. The zero-order valence-electron chi connectivity index (χ0n) is 18.2. The minimum absolute atomic E-state index is 0.0422. The molecule has 0 saturated carbocycles. The lowest BCUT2D eigenvalue weighted by Gasteiger charge is -2.44. The van der Waals surface area contributed by atoms with Crippen molar-refractivity contribution in [3.05, 3.63) is 12.2 Å². The van der Waals surface area contributed by atoms with Gasteiger partial charge in [0.25, 0.3) is 0 Å². The van der Waals surface area contributed by atoms with E-state index in [1.54, 1.807) is 6.92 Å². The Morgan fingerprint density at radius 1 is 1.03 bits per heavy atom. The summed E-state index contributed by atoms with van der Waals surface area (Å²) < 4.78 is 22.4. The molecule has 0 aliphatic carbocycles. The van der Waals surface area contributed by atoms with Crippen molar-refractivity contribution in [1.29, 1.82) is 0 Å². The molecule has 1 aliphatic heterocycles. The molecule has 1 rings (SSSR count). The summed E-state index contributed by atoms with van der Waals surface area (Å²) in [4.78, 5) is 34.2. The number of esters is 1. The van der Waals surface area contributed by atoms with Gasteiger partial charge in [-0.3, -0.25) is 14.4 Å². The van der Waals surface area contributed by atoms with Crippen LogP contribution in [0.3, 0.4) is 0 Å². The van der Waals surface area contributed by atoms with Crippen LogP contribution in [0.25, 0.3) is 0 Å². The highest BCUT2D eigenvalue weighted by molar-refractivity contribution is 5.93. The Hall–Kier alpha value is -1.77. The van der Waals surface area contributed by atoms with Gasteiger partial charge in [0, 0.05) is 26.9 Å². The zero-order valence-corrected chi connectivity index (χ0v) is 18.2. The quantitative estimate of drug-likeness (QED) is 0.297. The second kappa shape index (κ2) is 12.7. The van der Waals surface area contributed by atoms with Gasteiger partial charge < -0.3 is 24.3 Å². The van der Waals surface area contributed by atoms with Crippen LogP contribution in [0.1, 0.15) is 47.5 Å². The van der Waals surface area contributed by atoms with Crippen molar-refractivity contribution in [1.82, 2.24) is 5.32 Å². The Kier molecular flexibility index (Phi) is 11.1. The van der Waals surface area contributed by atoms with Gasteiger partial charge in [0.1, 0.15) is 6.61 Å². The number of hydrogen-bond donors (Lipinski definition) is 1. The van der Waals surface area contributed by atoms with Gasteiger partial charge in [-0.15, -0.1) is 0 Å². The average molecular weight is 414 g/mol. The maximum absolute atomic E-state index is 11.6. The van der Waals surface area contributed by atoms with Gasteiger partial charge in [-0.05, 0) is 30.8 Å². The third-order valence-electron chi connectivity index (χ3n) is 5.08. The predicted molar refractivity (Wildman–Crippen MR) is 107 cm³/mol. The van der Waals surface area contributed by atoms with Gasteiger partial charge in [0.05, 0.1) is 25.4 Å². The van der Waals surface area contributed by atoms with Crippen LogP contribution in [-0.2, 0) is 33.3 Å². The van der Waals surface area contributed by atoms with Crippen LogP contribution in [0, 0.1) is 11.8 Å². The maximum Gasteiger partial charge on any atom is 0.302 e. The molecular formula is C21H35NO7. The lowest BCUT2D eigenvalue weighted by atomic mass is 9.82. The van der Waals surface area contributed by atoms with Gasteiger partial charge in [0.2, 0.25) is 5.91 Å².